The molecule has 3 heteroatoms. The third kappa shape index (κ3) is 1.46. The highest BCUT2D eigenvalue weighted by Gasteiger charge is 2.32. The van der Waals surface area contributed by atoms with Crippen LogP contribution in [0.15, 0.2) is 23.9 Å². The number of fused-ring (bicyclic) bond motifs is 1. The summed E-state index contributed by atoms with van der Waals surface area (Å²) in [6.07, 6.45) is 7.88. The maximum Gasteiger partial charge on any atom is 0.221 e. The summed E-state index contributed by atoms with van der Waals surface area (Å²) >= 11 is 0. The molecule has 70 valence electrons. The predicted octanol–water partition coefficient (Wildman–Crippen LogP) is 0.541. The van der Waals surface area contributed by atoms with Gasteiger partial charge in [-0.2, -0.15) is 0 Å². The van der Waals surface area contributed by atoms with Gasteiger partial charge in [-0.15, -0.1) is 0 Å². The van der Waals surface area contributed by atoms with Crippen molar-refractivity contribution in [1.82, 2.24) is 5.32 Å². The van der Waals surface area contributed by atoms with E-state index in [1.807, 2.05) is 12.2 Å². The lowest BCUT2D eigenvalue weighted by molar-refractivity contribution is -0.122. The Bertz CT molecular complexity index is 281. The van der Waals surface area contributed by atoms with Crippen molar-refractivity contribution in [3.8, 4) is 0 Å². The molecular weight excluding hydrogens is 164 g/mol. The summed E-state index contributed by atoms with van der Waals surface area (Å²) in [5.74, 6) is 0.138. The van der Waals surface area contributed by atoms with Crippen LogP contribution >= 0.6 is 0 Å². The van der Waals surface area contributed by atoms with E-state index in [2.05, 4.69) is 11.4 Å². The molecule has 0 spiro atoms. The Morgan fingerprint density at radius 2 is 2.46 bits per heavy atom. The number of hydrogen-bond donors (Lipinski definition) is 2. The number of primary amides is 1. The molecule has 2 rings (SSSR count). The third-order valence-electron chi connectivity index (χ3n) is 2.84. The highest BCUT2D eigenvalue weighted by Crippen LogP contribution is 2.31. The number of nitrogens with two attached hydrogens (primary N) is 1. The van der Waals surface area contributed by atoms with Gasteiger partial charge in [0.25, 0.3) is 0 Å². The Balaban J connectivity index is 2.25. The lowest BCUT2D eigenvalue weighted by Gasteiger charge is -2.18. The third-order valence-corrected chi connectivity index (χ3v) is 2.84. The van der Waals surface area contributed by atoms with Gasteiger partial charge in [0.1, 0.15) is 0 Å². The molecule has 0 aromatic heterocycles. The average Bonchev–Trinajstić information content (AvgIpc) is 2.44. The molecule has 2 aliphatic rings. The minimum atomic E-state index is -0.175. The highest BCUT2D eigenvalue weighted by atomic mass is 16.1. The van der Waals surface area contributed by atoms with E-state index in [1.54, 1.807) is 0 Å². The maximum absolute atomic E-state index is 11.2. The summed E-state index contributed by atoms with van der Waals surface area (Å²) < 4.78 is 0. The molecule has 3 nitrogen and oxygen atoms in total. The molecule has 0 aromatic carbocycles. The van der Waals surface area contributed by atoms with Crippen LogP contribution in [0.4, 0.5) is 0 Å². The van der Waals surface area contributed by atoms with Crippen LogP contribution in [0.3, 0.4) is 0 Å². The number of nitrogens with one attached hydrogen (secondary N) is 1. The number of hydrogen-bond acceptors (Lipinski definition) is 2. The second-order valence-electron chi connectivity index (χ2n) is 3.62. The zero-order valence-corrected chi connectivity index (χ0v) is 7.49. The Hall–Kier alpha value is -1.25. The molecule has 1 saturated heterocycles. The first-order chi connectivity index (χ1) is 6.29. The predicted molar refractivity (Wildman–Crippen MR) is 50.6 cm³/mol. The molecule has 3 N–H and O–H groups in total. The number of rotatable bonds is 1. The van der Waals surface area contributed by atoms with E-state index < -0.39 is 0 Å². The van der Waals surface area contributed by atoms with Crippen LogP contribution in [-0.2, 0) is 4.79 Å². The van der Waals surface area contributed by atoms with E-state index in [1.165, 1.54) is 5.70 Å². The van der Waals surface area contributed by atoms with E-state index in [0.29, 0.717) is 5.92 Å². The van der Waals surface area contributed by atoms with E-state index in [0.717, 1.165) is 19.4 Å². The maximum atomic E-state index is 11.2. The van der Waals surface area contributed by atoms with E-state index in [4.69, 9.17) is 5.73 Å². The van der Waals surface area contributed by atoms with Crippen molar-refractivity contribution in [1.29, 1.82) is 0 Å². The lowest BCUT2D eigenvalue weighted by atomic mass is 9.87. The molecule has 1 aliphatic heterocycles. The first kappa shape index (κ1) is 8.35. The van der Waals surface area contributed by atoms with Crippen LogP contribution in [0.5, 0.6) is 0 Å². The molecule has 2 atom stereocenters. The summed E-state index contributed by atoms with van der Waals surface area (Å²) in [5, 5.41) is 3.29. The van der Waals surface area contributed by atoms with Crippen molar-refractivity contribution in [2.45, 2.75) is 12.8 Å². The first-order valence-corrected chi connectivity index (χ1v) is 4.69. The fourth-order valence-electron chi connectivity index (χ4n) is 2.13. The number of allylic oxidation sites excluding steroid dienone is 4. The van der Waals surface area contributed by atoms with Crippen LogP contribution in [0.1, 0.15) is 12.8 Å². The molecule has 0 saturated carbocycles. The Morgan fingerprint density at radius 1 is 1.62 bits per heavy atom. The minimum absolute atomic E-state index is 0.0139. The molecule has 0 bridgehead atoms. The topological polar surface area (TPSA) is 55.1 Å². The van der Waals surface area contributed by atoms with Crippen molar-refractivity contribution in [3.05, 3.63) is 23.9 Å². The van der Waals surface area contributed by atoms with Gasteiger partial charge in [0.15, 0.2) is 0 Å². The Kier molecular flexibility index (Phi) is 2.08. The molecule has 0 aromatic rings. The number of carbonyl (C=O) groups excluding carboxylic acids is 1. The molecule has 1 aliphatic carbocycles. The van der Waals surface area contributed by atoms with Gasteiger partial charge in [-0.25, -0.2) is 0 Å². The SMILES string of the molecule is NC(=O)C1CC=CC=C2NCCC21. The van der Waals surface area contributed by atoms with E-state index in [-0.39, 0.29) is 11.8 Å². The van der Waals surface area contributed by atoms with E-state index in [9.17, 15) is 4.79 Å². The van der Waals surface area contributed by atoms with Crippen molar-refractivity contribution < 1.29 is 4.79 Å². The minimum Gasteiger partial charge on any atom is -0.388 e. The molecule has 13 heavy (non-hydrogen) atoms. The van der Waals surface area contributed by atoms with Crippen LogP contribution in [-0.4, -0.2) is 12.5 Å². The van der Waals surface area contributed by atoms with Gasteiger partial charge >= 0.3 is 0 Å². The Labute approximate surface area is 77.7 Å². The monoisotopic (exact) mass is 178 g/mol. The standard InChI is InChI=1S/C10H14N2O/c11-10(13)8-3-1-2-4-9-7(8)5-6-12-9/h1-2,4,7-8,12H,3,5-6H2,(H2,11,13). The lowest BCUT2D eigenvalue weighted by Crippen LogP contribution is -2.29. The fourth-order valence-corrected chi connectivity index (χ4v) is 2.13. The summed E-state index contributed by atoms with van der Waals surface area (Å²) in [7, 11) is 0. The van der Waals surface area contributed by atoms with Crippen molar-refractivity contribution in [2.75, 3.05) is 6.54 Å². The average molecular weight is 178 g/mol. The van der Waals surface area contributed by atoms with Crippen molar-refractivity contribution in [3.63, 3.8) is 0 Å². The largest absolute Gasteiger partial charge is 0.388 e. The summed E-state index contributed by atoms with van der Waals surface area (Å²) in [4.78, 5) is 11.2. The molecule has 1 fully saturated rings. The quantitative estimate of drug-likeness (QED) is 0.615. The van der Waals surface area contributed by atoms with Gasteiger partial charge in [0, 0.05) is 24.1 Å². The first-order valence-electron chi connectivity index (χ1n) is 4.69. The molecule has 0 radical (unpaired) electrons. The van der Waals surface area contributed by atoms with Crippen LogP contribution in [0, 0.1) is 11.8 Å². The highest BCUT2D eigenvalue weighted by molar-refractivity contribution is 5.77. The Morgan fingerprint density at radius 3 is 3.23 bits per heavy atom. The molecule has 1 amide bonds. The number of amides is 1. The van der Waals surface area contributed by atoms with Gasteiger partial charge < -0.3 is 11.1 Å². The van der Waals surface area contributed by atoms with E-state index >= 15 is 0 Å². The van der Waals surface area contributed by atoms with Crippen LogP contribution in [0.25, 0.3) is 0 Å². The van der Waals surface area contributed by atoms with Crippen molar-refractivity contribution in [2.24, 2.45) is 17.6 Å². The van der Waals surface area contributed by atoms with Crippen LogP contribution in [0.2, 0.25) is 0 Å². The van der Waals surface area contributed by atoms with Crippen molar-refractivity contribution >= 4 is 5.91 Å². The number of carbonyl (C=O) groups is 1. The van der Waals surface area contributed by atoms with Gasteiger partial charge in [-0.1, -0.05) is 12.2 Å². The zero-order valence-electron chi connectivity index (χ0n) is 7.49. The van der Waals surface area contributed by atoms with Crippen LogP contribution < -0.4 is 11.1 Å². The van der Waals surface area contributed by atoms with Gasteiger partial charge in [-0.3, -0.25) is 4.79 Å². The molecular formula is C10H14N2O. The second kappa shape index (κ2) is 3.24. The zero-order chi connectivity index (χ0) is 9.26. The van der Waals surface area contributed by atoms with Gasteiger partial charge in [-0.05, 0) is 18.9 Å². The molecule has 2 unspecified atom stereocenters. The normalized spacial score (nSPS) is 31.5. The summed E-state index contributed by atoms with van der Waals surface area (Å²) in [6, 6.07) is 0. The fraction of sp³-hybridized carbons (Fsp3) is 0.500. The summed E-state index contributed by atoms with van der Waals surface area (Å²) in [5.41, 5.74) is 6.54. The molecule has 1 heterocycles. The van der Waals surface area contributed by atoms with Gasteiger partial charge in [0.2, 0.25) is 5.91 Å². The summed E-state index contributed by atoms with van der Waals surface area (Å²) in [6.45, 7) is 0.966. The smallest absolute Gasteiger partial charge is 0.221 e. The van der Waals surface area contributed by atoms with Gasteiger partial charge in [0.05, 0.1) is 0 Å². The second-order valence-corrected chi connectivity index (χ2v) is 3.62.